The van der Waals surface area contributed by atoms with Gasteiger partial charge in [0.2, 0.25) is 0 Å². The minimum absolute atomic E-state index is 0.476. The molecule has 0 aliphatic heterocycles. The SMILES string of the molecule is CC(C)(Oc1cccc2[nH]c(-c3nccc(Nc4nccs4)n3)cc12)C(=O)O. The lowest BCUT2D eigenvalue weighted by molar-refractivity contribution is -0.152. The predicted octanol–water partition coefficient (Wildman–Crippen LogP) is 4.07. The number of hydrogen-bond acceptors (Lipinski definition) is 7. The Morgan fingerprint density at radius 1 is 1.25 bits per heavy atom. The molecule has 3 heterocycles. The molecule has 8 nitrogen and oxygen atoms in total. The van der Waals surface area contributed by atoms with Crippen molar-refractivity contribution in [2.24, 2.45) is 0 Å². The molecule has 4 rings (SSSR count). The zero-order valence-corrected chi connectivity index (χ0v) is 15.9. The van der Waals surface area contributed by atoms with Gasteiger partial charge in [0.25, 0.3) is 0 Å². The van der Waals surface area contributed by atoms with Crippen molar-refractivity contribution in [1.82, 2.24) is 19.9 Å². The van der Waals surface area contributed by atoms with Gasteiger partial charge in [-0.25, -0.2) is 19.7 Å². The van der Waals surface area contributed by atoms with E-state index in [2.05, 4.69) is 25.3 Å². The second kappa shape index (κ2) is 6.93. The van der Waals surface area contributed by atoms with E-state index < -0.39 is 11.6 Å². The van der Waals surface area contributed by atoms with Crippen LogP contribution in [0.15, 0.2) is 48.1 Å². The predicted molar refractivity (Wildman–Crippen MR) is 107 cm³/mol. The van der Waals surface area contributed by atoms with Gasteiger partial charge in [0.15, 0.2) is 16.6 Å². The van der Waals surface area contributed by atoms with Crippen molar-refractivity contribution in [3.63, 3.8) is 0 Å². The maximum absolute atomic E-state index is 11.4. The Hall–Kier alpha value is -3.46. The topological polar surface area (TPSA) is 113 Å². The minimum Gasteiger partial charge on any atom is -0.478 e. The van der Waals surface area contributed by atoms with E-state index in [0.717, 1.165) is 16.0 Å². The second-order valence-corrected chi connectivity index (χ2v) is 7.44. The van der Waals surface area contributed by atoms with Crippen molar-refractivity contribution in [3.8, 4) is 17.3 Å². The van der Waals surface area contributed by atoms with Crippen molar-refractivity contribution in [3.05, 3.63) is 48.1 Å². The number of H-pyrrole nitrogens is 1. The Bertz CT molecular complexity index is 1140. The van der Waals surface area contributed by atoms with Gasteiger partial charge in [0.05, 0.1) is 5.69 Å². The monoisotopic (exact) mass is 395 g/mol. The van der Waals surface area contributed by atoms with Gasteiger partial charge >= 0.3 is 5.97 Å². The number of carboxylic acids is 1. The number of carbonyl (C=O) groups is 1. The number of carboxylic acid groups (broad SMARTS) is 1. The van der Waals surface area contributed by atoms with Gasteiger partial charge in [0, 0.05) is 28.7 Å². The molecule has 0 fully saturated rings. The number of ether oxygens (including phenoxy) is 1. The lowest BCUT2D eigenvalue weighted by Crippen LogP contribution is -2.37. The van der Waals surface area contributed by atoms with Crippen LogP contribution in [0.25, 0.3) is 22.4 Å². The Labute approximate surface area is 164 Å². The molecule has 4 aromatic rings. The third kappa shape index (κ3) is 3.52. The van der Waals surface area contributed by atoms with Crippen molar-refractivity contribution < 1.29 is 14.6 Å². The highest BCUT2D eigenvalue weighted by molar-refractivity contribution is 7.13. The summed E-state index contributed by atoms with van der Waals surface area (Å²) in [5, 5.41) is 15.8. The number of aromatic amines is 1. The van der Waals surface area contributed by atoms with Gasteiger partial charge < -0.3 is 20.1 Å². The highest BCUT2D eigenvalue weighted by Gasteiger charge is 2.30. The average Bonchev–Trinajstić information content (AvgIpc) is 3.31. The summed E-state index contributed by atoms with van der Waals surface area (Å²) >= 11 is 1.48. The van der Waals surface area contributed by atoms with Crippen LogP contribution in [0.1, 0.15) is 13.8 Å². The molecular formula is C19H17N5O3S. The van der Waals surface area contributed by atoms with Crippen LogP contribution < -0.4 is 10.1 Å². The van der Waals surface area contributed by atoms with Crippen LogP contribution in [0.3, 0.4) is 0 Å². The Morgan fingerprint density at radius 2 is 2.11 bits per heavy atom. The molecule has 9 heteroatoms. The van der Waals surface area contributed by atoms with Crippen LogP contribution in [0, 0.1) is 0 Å². The third-order valence-electron chi connectivity index (χ3n) is 4.07. The van der Waals surface area contributed by atoms with E-state index in [4.69, 9.17) is 4.74 Å². The third-order valence-corrected chi connectivity index (χ3v) is 4.76. The Kier molecular flexibility index (Phi) is 4.44. The normalized spacial score (nSPS) is 11.5. The zero-order chi connectivity index (χ0) is 19.7. The number of anilines is 2. The average molecular weight is 395 g/mol. The first-order valence-corrected chi connectivity index (χ1v) is 9.34. The molecule has 0 aliphatic carbocycles. The van der Waals surface area contributed by atoms with Crippen LogP contribution in [-0.4, -0.2) is 36.6 Å². The molecule has 0 unspecified atom stereocenters. The summed E-state index contributed by atoms with van der Waals surface area (Å²) in [5.41, 5.74) is 0.150. The van der Waals surface area contributed by atoms with Crippen molar-refractivity contribution in [2.45, 2.75) is 19.4 Å². The molecule has 0 spiro atoms. The highest BCUT2D eigenvalue weighted by atomic mass is 32.1. The molecule has 0 saturated carbocycles. The highest BCUT2D eigenvalue weighted by Crippen LogP contribution is 2.32. The molecule has 0 aliphatic rings. The summed E-state index contributed by atoms with van der Waals surface area (Å²) < 4.78 is 5.74. The summed E-state index contributed by atoms with van der Waals surface area (Å²) in [7, 11) is 0. The number of fused-ring (bicyclic) bond motifs is 1. The van der Waals surface area contributed by atoms with Crippen LogP contribution in [0.2, 0.25) is 0 Å². The van der Waals surface area contributed by atoms with Gasteiger partial charge in [-0.1, -0.05) is 6.07 Å². The first kappa shape index (κ1) is 17.9. The summed E-state index contributed by atoms with van der Waals surface area (Å²) in [6.07, 6.45) is 3.38. The molecule has 0 atom stereocenters. The van der Waals surface area contributed by atoms with E-state index >= 15 is 0 Å². The van der Waals surface area contributed by atoms with Crippen LogP contribution in [0.4, 0.5) is 10.9 Å². The molecule has 0 radical (unpaired) electrons. The Morgan fingerprint density at radius 3 is 2.86 bits per heavy atom. The van der Waals surface area contributed by atoms with Gasteiger partial charge in [-0.2, -0.15) is 0 Å². The molecule has 0 saturated heterocycles. The van der Waals surface area contributed by atoms with E-state index in [1.165, 1.54) is 25.2 Å². The van der Waals surface area contributed by atoms with Gasteiger partial charge in [-0.05, 0) is 38.1 Å². The molecule has 1 aromatic carbocycles. The fourth-order valence-corrected chi connectivity index (χ4v) is 3.14. The number of nitrogens with zero attached hydrogens (tertiary/aromatic N) is 3. The number of hydrogen-bond donors (Lipinski definition) is 3. The number of thiazole rings is 1. The maximum Gasteiger partial charge on any atom is 0.347 e. The van der Waals surface area contributed by atoms with Crippen LogP contribution in [0.5, 0.6) is 5.75 Å². The summed E-state index contributed by atoms with van der Waals surface area (Å²) in [4.78, 5) is 27.7. The smallest absolute Gasteiger partial charge is 0.347 e. The number of nitrogens with one attached hydrogen (secondary N) is 2. The van der Waals surface area contributed by atoms with Crippen molar-refractivity contribution in [1.29, 1.82) is 0 Å². The molecule has 0 bridgehead atoms. The molecule has 3 aromatic heterocycles. The first-order chi connectivity index (χ1) is 13.4. The van der Waals surface area contributed by atoms with E-state index in [9.17, 15) is 9.90 Å². The zero-order valence-electron chi connectivity index (χ0n) is 15.1. The lowest BCUT2D eigenvalue weighted by atomic mass is 10.1. The van der Waals surface area contributed by atoms with E-state index in [1.807, 2.05) is 17.5 Å². The second-order valence-electron chi connectivity index (χ2n) is 6.55. The molecule has 0 amide bonds. The number of rotatable bonds is 6. The minimum atomic E-state index is -1.35. The summed E-state index contributed by atoms with van der Waals surface area (Å²) in [6.45, 7) is 3.02. The summed E-state index contributed by atoms with van der Waals surface area (Å²) in [6, 6.07) is 9.04. The van der Waals surface area contributed by atoms with E-state index in [-0.39, 0.29) is 0 Å². The fourth-order valence-electron chi connectivity index (χ4n) is 2.61. The number of benzene rings is 1. The molecular weight excluding hydrogens is 378 g/mol. The molecule has 28 heavy (non-hydrogen) atoms. The van der Waals surface area contributed by atoms with Gasteiger partial charge in [-0.3, -0.25) is 0 Å². The fraction of sp³-hybridized carbons (Fsp3) is 0.158. The summed E-state index contributed by atoms with van der Waals surface area (Å²) in [5.74, 6) is 0.567. The number of aliphatic carboxylic acids is 1. The number of aromatic nitrogens is 4. The molecule has 142 valence electrons. The van der Waals surface area contributed by atoms with Crippen molar-refractivity contribution >= 4 is 39.2 Å². The van der Waals surface area contributed by atoms with Gasteiger partial charge in [-0.15, -0.1) is 11.3 Å². The van der Waals surface area contributed by atoms with Crippen LogP contribution in [-0.2, 0) is 4.79 Å². The maximum atomic E-state index is 11.4. The van der Waals surface area contributed by atoms with E-state index in [1.54, 1.807) is 30.6 Å². The largest absolute Gasteiger partial charge is 0.478 e. The van der Waals surface area contributed by atoms with Gasteiger partial charge in [0.1, 0.15) is 11.6 Å². The van der Waals surface area contributed by atoms with Crippen LogP contribution >= 0.6 is 11.3 Å². The standard InChI is InChI=1S/C19H17N5O3S/c1-19(2,17(25)26)27-14-5-3-4-12-11(14)10-13(22-12)16-20-7-6-15(23-16)24-18-21-8-9-28-18/h3-10,22H,1-2H3,(H,25,26)(H,20,21,23,24). The van der Waals surface area contributed by atoms with E-state index in [0.29, 0.717) is 23.1 Å². The first-order valence-electron chi connectivity index (χ1n) is 8.46. The Balaban J connectivity index is 1.69. The quantitative estimate of drug-likeness (QED) is 0.451. The lowest BCUT2D eigenvalue weighted by Gasteiger charge is -2.21. The molecule has 3 N–H and O–H groups in total. The van der Waals surface area contributed by atoms with Crippen molar-refractivity contribution in [2.75, 3.05) is 5.32 Å².